The Morgan fingerprint density at radius 3 is 2.57 bits per heavy atom. The van der Waals surface area contributed by atoms with E-state index in [0.29, 0.717) is 23.2 Å². The van der Waals surface area contributed by atoms with Crippen molar-refractivity contribution in [1.29, 1.82) is 0 Å². The fourth-order valence-corrected chi connectivity index (χ4v) is 3.42. The van der Waals surface area contributed by atoms with Crippen LogP contribution in [0.1, 0.15) is 51.8 Å². The van der Waals surface area contributed by atoms with Crippen LogP contribution in [0.3, 0.4) is 0 Å². The summed E-state index contributed by atoms with van der Waals surface area (Å²) in [6.07, 6.45) is 5.08. The van der Waals surface area contributed by atoms with E-state index in [1.54, 1.807) is 6.92 Å². The van der Waals surface area contributed by atoms with Crippen LogP contribution in [-0.2, 0) is 9.59 Å². The van der Waals surface area contributed by atoms with Crippen LogP contribution in [0.4, 0.5) is 16.0 Å². The molecule has 28 heavy (non-hydrogen) atoms. The Morgan fingerprint density at radius 2 is 1.96 bits per heavy atom. The zero-order chi connectivity index (χ0) is 20.7. The molecule has 0 saturated heterocycles. The van der Waals surface area contributed by atoms with Gasteiger partial charge in [-0.25, -0.2) is 15.0 Å². The van der Waals surface area contributed by atoms with Crippen LogP contribution in [0.2, 0.25) is 0 Å². The second-order valence-electron chi connectivity index (χ2n) is 7.51. The highest BCUT2D eigenvalue weighted by molar-refractivity contribution is 5.80. The largest absolute Gasteiger partial charge is 0.365 e. The number of amides is 2. The molecule has 1 heterocycles. The Labute approximate surface area is 164 Å². The van der Waals surface area contributed by atoms with E-state index in [4.69, 9.17) is 0 Å². The van der Waals surface area contributed by atoms with Crippen molar-refractivity contribution in [1.82, 2.24) is 20.5 Å². The summed E-state index contributed by atoms with van der Waals surface area (Å²) in [6, 6.07) is -0.0269. The predicted molar refractivity (Wildman–Crippen MR) is 102 cm³/mol. The van der Waals surface area contributed by atoms with Crippen LogP contribution >= 0.6 is 0 Å². The number of carbonyl (C=O) groups is 2. The van der Waals surface area contributed by atoms with Crippen molar-refractivity contribution < 1.29 is 19.2 Å². The van der Waals surface area contributed by atoms with E-state index < -0.39 is 17.6 Å². The van der Waals surface area contributed by atoms with E-state index in [0.717, 1.165) is 25.7 Å². The third-order valence-corrected chi connectivity index (χ3v) is 4.69. The van der Waals surface area contributed by atoms with Crippen molar-refractivity contribution in [2.24, 2.45) is 11.8 Å². The maximum Gasteiger partial charge on any atom is 0.243 e. The lowest BCUT2D eigenvalue weighted by Crippen LogP contribution is -2.41. The lowest BCUT2D eigenvalue weighted by molar-refractivity contribution is -0.154. The monoisotopic (exact) mass is 396 g/mol. The molecule has 1 saturated carbocycles. The summed E-state index contributed by atoms with van der Waals surface area (Å²) in [5, 5.41) is 12.9. The average Bonchev–Trinajstić information content (AvgIpc) is 3.14. The van der Waals surface area contributed by atoms with Crippen LogP contribution < -0.4 is 16.2 Å². The van der Waals surface area contributed by atoms with Gasteiger partial charge in [0.05, 0.1) is 12.5 Å². The van der Waals surface area contributed by atoms with Crippen molar-refractivity contribution >= 4 is 24.0 Å². The number of aromatic nitrogens is 2. The first-order valence-electron chi connectivity index (χ1n) is 9.57. The number of anilines is 2. The molecule has 1 aliphatic carbocycles. The Morgan fingerprint density at radius 1 is 1.32 bits per heavy atom. The highest BCUT2D eigenvalue weighted by atomic mass is 19.1. The first kappa shape index (κ1) is 21.8. The standard InChI is InChI=1S/C18H29FN6O3/c1-11(2)20-16-15(19)17(22-12(3)21-16)23-24-18(27)14(9-25(28)10-26)8-13-6-4-5-7-13/h10-11,13-14,28H,4-9H2,1-3H3,(H,24,27)(H2,20,21,22,23)/t14-/m0/s1. The van der Waals surface area contributed by atoms with Crippen molar-refractivity contribution in [3.05, 3.63) is 11.6 Å². The molecule has 0 spiro atoms. The zero-order valence-corrected chi connectivity index (χ0v) is 16.5. The molecule has 10 heteroatoms. The molecule has 9 nitrogen and oxygen atoms in total. The maximum absolute atomic E-state index is 14.6. The van der Waals surface area contributed by atoms with E-state index >= 15 is 0 Å². The number of halogens is 1. The smallest absolute Gasteiger partial charge is 0.243 e. The Bertz CT molecular complexity index is 682. The van der Waals surface area contributed by atoms with E-state index in [9.17, 15) is 19.2 Å². The van der Waals surface area contributed by atoms with Gasteiger partial charge in [-0.3, -0.25) is 25.6 Å². The molecule has 0 unspecified atom stereocenters. The van der Waals surface area contributed by atoms with Gasteiger partial charge in [-0.05, 0) is 33.1 Å². The SMILES string of the molecule is Cc1nc(NNC(=O)[C@@H](CC2CCCC2)CN(O)C=O)c(F)c(NC(C)C)n1. The quantitative estimate of drug-likeness (QED) is 0.272. The molecule has 0 aromatic carbocycles. The minimum absolute atomic E-state index is 0.0269. The number of hydrazine groups is 1. The molecule has 4 N–H and O–H groups in total. The molecule has 0 bridgehead atoms. The van der Waals surface area contributed by atoms with Gasteiger partial charge in [-0.2, -0.15) is 4.39 Å². The minimum Gasteiger partial charge on any atom is -0.365 e. The highest BCUT2D eigenvalue weighted by Crippen LogP contribution is 2.30. The van der Waals surface area contributed by atoms with Gasteiger partial charge in [0.15, 0.2) is 11.6 Å². The summed E-state index contributed by atoms with van der Waals surface area (Å²) < 4.78 is 14.6. The van der Waals surface area contributed by atoms with Crippen LogP contribution in [0, 0.1) is 24.6 Å². The molecule has 1 aromatic rings. The summed E-state index contributed by atoms with van der Waals surface area (Å²) in [4.78, 5) is 31.4. The maximum atomic E-state index is 14.6. The zero-order valence-electron chi connectivity index (χ0n) is 16.5. The predicted octanol–water partition coefficient (Wildman–Crippen LogP) is 2.23. The molecule has 1 fully saturated rings. The van der Waals surface area contributed by atoms with Crippen LogP contribution in [-0.4, -0.2) is 45.1 Å². The van der Waals surface area contributed by atoms with Gasteiger partial charge in [0.1, 0.15) is 5.82 Å². The average molecular weight is 396 g/mol. The number of hydrogen-bond donors (Lipinski definition) is 4. The molecule has 2 rings (SSSR count). The molecule has 1 atom stereocenters. The summed E-state index contributed by atoms with van der Waals surface area (Å²) in [6.45, 7) is 5.20. The number of nitrogens with zero attached hydrogens (tertiary/aromatic N) is 3. The summed E-state index contributed by atoms with van der Waals surface area (Å²) in [7, 11) is 0. The molecule has 1 aromatic heterocycles. The number of nitrogens with one attached hydrogen (secondary N) is 3. The van der Waals surface area contributed by atoms with Crippen LogP contribution in [0.15, 0.2) is 0 Å². The van der Waals surface area contributed by atoms with Gasteiger partial charge in [0, 0.05) is 6.04 Å². The second-order valence-corrected chi connectivity index (χ2v) is 7.51. The lowest BCUT2D eigenvalue weighted by Gasteiger charge is -2.22. The first-order chi connectivity index (χ1) is 13.3. The number of rotatable bonds is 10. The number of hydrogen-bond acceptors (Lipinski definition) is 7. The molecule has 2 amide bonds. The van der Waals surface area contributed by atoms with E-state index in [2.05, 4.69) is 26.1 Å². The van der Waals surface area contributed by atoms with Crippen molar-refractivity contribution in [2.75, 3.05) is 17.3 Å². The second kappa shape index (κ2) is 10.2. The van der Waals surface area contributed by atoms with E-state index in [-0.39, 0.29) is 30.6 Å². The third-order valence-electron chi connectivity index (χ3n) is 4.69. The van der Waals surface area contributed by atoms with Gasteiger partial charge >= 0.3 is 0 Å². The Balaban J connectivity index is 2.06. The summed E-state index contributed by atoms with van der Waals surface area (Å²) >= 11 is 0. The first-order valence-corrected chi connectivity index (χ1v) is 9.57. The lowest BCUT2D eigenvalue weighted by atomic mass is 9.92. The van der Waals surface area contributed by atoms with Gasteiger partial charge < -0.3 is 5.32 Å². The Kier molecular flexibility index (Phi) is 7.91. The van der Waals surface area contributed by atoms with Gasteiger partial charge in [-0.1, -0.05) is 25.7 Å². The van der Waals surface area contributed by atoms with E-state index in [1.165, 1.54) is 0 Å². The molecular formula is C18H29FN6O3. The minimum atomic E-state index is -0.705. The van der Waals surface area contributed by atoms with Crippen LogP contribution in [0.25, 0.3) is 0 Å². The highest BCUT2D eigenvalue weighted by Gasteiger charge is 2.27. The number of carbonyl (C=O) groups excluding carboxylic acids is 2. The molecule has 0 radical (unpaired) electrons. The fraction of sp³-hybridized carbons (Fsp3) is 0.667. The van der Waals surface area contributed by atoms with Gasteiger partial charge in [0.2, 0.25) is 18.1 Å². The third kappa shape index (κ3) is 6.29. The summed E-state index contributed by atoms with van der Waals surface area (Å²) in [5.74, 6) is -1.17. The van der Waals surface area contributed by atoms with Crippen molar-refractivity contribution in [3.63, 3.8) is 0 Å². The molecule has 0 aliphatic heterocycles. The van der Waals surface area contributed by atoms with Crippen LogP contribution in [0.5, 0.6) is 0 Å². The van der Waals surface area contributed by atoms with Crippen molar-refractivity contribution in [2.45, 2.75) is 58.9 Å². The van der Waals surface area contributed by atoms with Gasteiger partial charge in [0.25, 0.3) is 0 Å². The Hall–Kier alpha value is -2.49. The van der Waals surface area contributed by atoms with Gasteiger partial charge in [-0.15, -0.1) is 0 Å². The normalized spacial score (nSPS) is 15.4. The molecule has 156 valence electrons. The summed E-state index contributed by atoms with van der Waals surface area (Å²) in [5.41, 5.74) is 4.96. The fourth-order valence-electron chi connectivity index (χ4n) is 3.42. The molecule has 1 aliphatic rings. The van der Waals surface area contributed by atoms with E-state index in [1.807, 2.05) is 13.8 Å². The number of aryl methyl sites for hydroxylation is 1. The topological polar surface area (TPSA) is 119 Å². The van der Waals surface area contributed by atoms with Crippen molar-refractivity contribution in [3.8, 4) is 0 Å². The number of hydroxylamine groups is 2. The molecular weight excluding hydrogens is 367 g/mol.